The summed E-state index contributed by atoms with van der Waals surface area (Å²) in [6.45, 7) is 2.12. The fourth-order valence-electron chi connectivity index (χ4n) is 1.19. The van der Waals surface area contributed by atoms with Gasteiger partial charge in [-0.2, -0.15) is 0 Å². The van der Waals surface area contributed by atoms with Crippen molar-refractivity contribution in [3.8, 4) is 0 Å². The highest BCUT2D eigenvalue weighted by molar-refractivity contribution is 9.10. The maximum Gasteiger partial charge on any atom is 0.313 e. The molecule has 6 heteroatoms. The molecule has 0 fully saturated rings. The van der Waals surface area contributed by atoms with Crippen molar-refractivity contribution in [2.24, 2.45) is 0 Å². The van der Waals surface area contributed by atoms with Crippen molar-refractivity contribution in [2.45, 2.75) is 6.92 Å². The first-order valence-corrected chi connectivity index (χ1v) is 6.28. The molecule has 0 radical (unpaired) electrons. The van der Waals surface area contributed by atoms with Crippen LogP contribution in [0.25, 0.3) is 0 Å². The molecule has 17 heavy (non-hydrogen) atoms. The second kappa shape index (κ2) is 6.61. The number of aryl methyl sites for hydroxylation is 1. The topological polar surface area (TPSA) is 58.2 Å². The van der Waals surface area contributed by atoms with Crippen molar-refractivity contribution in [2.75, 3.05) is 17.7 Å². The number of hydrogen-bond acceptors (Lipinski definition) is 2. The Morgan fingerprint density at radius 3 is 2.65 bits per heavy atom. The summed E-state index contributed by atoms with van der Waals surface area (Å²) in [5.74, 6) is -1.11. The minimum absolute atomic E-state index is 0.271. The molecule has 0 aliphatic rings. The van der Waals surface area contributed by atoms with Gasteiger partial charge in [0.05, 0.1) is 0 Å². The Hall–Kier alpha value is -1.07. The Bertz CT molecular complexity index is 437. The molecular weight excluding hydrogens is 307 g/mol. The molecule has 0 aliphatic heterocycles. The molecule has 0 heterocycles. The van der Waals surface area contributed by atoms with Gasteiger partial charge in [-0.05, 0) is 30.7 Å². The van der Waals surface area contributed by atoms with Gasteiger partial charge in [0.2, 0.25) is 0 Å². The van der Waals surface area contributed by atoms with Gasteiger partial charge in [-0.3, -0.25) is 9.59 Å². The van der Waals surface area contributed by atoms with Crippen molar-refractivity contribution >= 4 is 45.0 Å². The summed E-state index contributed by atoms with van der Waals surface area (Å²) in [6.07, 6.45) is 0. The van der Waals surface area contributed by atoms with Gasteiger partial charge in [-0.1, -0.05) is 15.9 Å². The van der Waals surface area contributed by atoms with Crippen LogP contribution in [0.2, 0.25) is 0 Å². The van der Waals surface area contributed by atoms with Gasteiger partial charge in [-0.25, -0.2) is 0 Å². The molecule has 92 valence electrons. The van der Waals surface area contributed by atoms with E-state index in [-0.39, 0.29) is 12.4 Å². The Kier molecular flexibility index (Phi) is 5.44. The number of anilines is 1. The van der Waals surface area contributed by atoms with E-state index in [9.17, 15) is 9.59 Å². The monoisotopic (exact) mass is 318 g/mol. The van der Waals surface area contributed by atoms with Gasteiger partial charge >= 0.3 is 11.8 Å². The first-order chi connectivity index (χ1) is 8.04. The molecule has 0 spiro atoms. The molecular formula is C11H12BrClN2O2. The third-order valence-corrected chi connectivity index (χ3v) is 2.71. The molecule has 0 saturated carbocycles. The fraction of sp³-hybridized carbons (Fsp3) is 0.273. The van der Waals surface area contributed by atoms with Crippen molar-refractivity contribution in [3.05, 3.63) is 28.2 Å². The minimum Gasteiger partial charge on any atom is -0.347 e. The predicted octanol–water partition coefficient (Wildman–Crippen LogP) is 2.05. The summed E-state index contributed by atoms with van der Waals surface area (Å²) in [5.41, 5.74) is 1.48. The maximum atomic E-state index is 11.5. The number of hydrogen-bond donors (Lipinski definition) is 2. The molecule has 4 nitrogen and oxygen atoms in total. The van der Waals surface area contributed by atoms with Crippen LogP contribution in [0.4, 0.5) is 5.69 Å². The second-order valence-electron chi connectivity index (χ2n) is 3.36. The molecule has 0 bridgehead atoms. The van der Waals surface area contributed by atoms with E-state index in [1.54, 1.807) is 12.1 Å². The quantitative estimate of drug-likeness (QED) is 0.662. The van der Waals surface area contributed by atoms with Gasteiger partial charge in [0.15, 0.2) is 0 Å². The second-order valence-corrected chi connectivity index (χ2v) is 4.65. The van der Waals surface area contributed by atoms with Crippen LogP contribution in [-0.2, 0) is 9.59 Å². The number of amides is 2. The zero-order valence-corrected chi connectivity index (χ0v) is 11.6. The minimum atomic E-state index is -0.694. The SMILES string of the molecule is Cc1cc(Br)ccc1NC(=O)C(=O)NCCCl. The number of alkyl halides is 1. The lowest BCUT2D eigenvalue weighted by Crippen LogP contribution is -2.36. The van der Waals surface area contributed by atoms with Crippen molar-refractivity contribution in [3.63, 3.8) is 0 Å². The highest BCUT2D eigenvalue weighted by Crippen LogP contribution is 2.19. The van der Waals surface area contributed by atoms with Crippen LogP contribution >= 0.6 is 27.5 Å². The number of carbonyl (C=O) groups is 2. The smallest absolute Gasteiger partial charge is 0.313 e. The molecule has 2 amide bonds. The van der Waals surface area contributed by atoms with Gasteiger partial charge in [0, 0.05) is 22.6 Å². The molecule has 0 aromatic heterocycles. The summed E-state index contributed by atoms with van der Waals surface area (Å²) in [5, 5.41) is 4.92. The number of nitrogens with one attached hydrogen (secondary N) is 2. The van der Waals surface area contributed by atoms with Gasteiger partial charge < -0.3 is 10.6 Å². The Morgan fingerprint density at radius 2 is 2.06 bits per heavy atom. The van der Waals surface area contributed by atoms with Crippen LogP contribution in [-0.4, -0.2) is 24.2 Å². The zero-order chi connectivity index (χ0) is 12.8. The molecule has 1 aromatic carbocycles. The summed E-state index contributed by atoms with van der Waals surface area (Å²) < 4.78 is 0.916. The molecule has 2 N–H and O–H groups in total. The highest BCUT2D eigenvalue weighted by Gasteiger charge is 2.13. The Labute approximate surface area is 113 Å². The molecule has 0 saturated heterocycles. The molecule has 1 aromatic rings. The zero-order valence-electron chi connectivity index (χ0n) is 9.22. The van der Waals surface area contributed by atoms with E-state index in [0.29, 0.717) is 5.69 Å². The predicted molar refractivity (Wildman–Crippen MR) is 71.2 cm³/mol. The summed E-state index contributed by atoms with van der Waals surface area (Å²) >= 11 is 8.72. The van der Waals surface area contributed by atoms with E-state index in [0.717, 1.165) is 10.0 Å². The van der Waals surface area contributed by atoms with Crippen molar-refractivity contribution in [1.82, 2.24) is 5.32 Å². The normalized spacial score (nSPS) is 9.82. The average molecular weight is 320 g/mol. The third kappa shape index (κ3) is 4.36. The van der Waals surface area contributed by atoms with E-state index in [1.165, 1.54) is 0 Å². The van der Waals surface area contributed by atoms with Crippen LogP contribution in [0.1, 0.15) is 5.56 Å². The lowest BCUT2D eigenvalue weighted by molar-refractivity contribution is -0.136. The lowest BCUT2D eigenvalue weighted by atomic mass is 10.2. The Balaban J connectivity index is 2.64. The summed E-state index contributed by atoms with van der Waals surface area (Å²) in [6, 6.07) is 5.37. The van der Waals surface area contributed by atoms with E-state index in [1.807, 2.05) is 13.0 Å². The number of halogens is 2. The Morgan fingerprint density at radius 1 is 1.35 bits per heavy atom. The van der Waals surface area contributed by atoms with Crippen molar-refractivity contribution < 1.29 is 9.59 Å². The van der Waals surface area contributed by atoms with Crippen LogP contribution in [0, 0.1) is 6.92 Å². The van der Waals surface area contributed by atoms with E-state index < -0.39 is 11.8 Å². The lowest BCUT2D eigenvalue weighted by Gasteiger charge is -2.08. The summed E-state index contributed by atoms with van der Waals surface area (Å²) in [4.78, 5) is 22.8. The van der Waals surface area contributed by atoms with E-state index in [2.05, 4.69) is 26.6 Å². The maximum absolute atomic E-state index is 11.5. The van der Waals surface area contributed by atoms with Gasteiger partial charge in [-0.15, -0.1) is 11.6 Å². The molecule has 0 aliphatic carbocycles. The first-order valence-electron chi connectivity index (χ1n) is 4.96. The van der Waals surface area contributed by atoms with Crippen LogP contribution in [0.5, 0.6) is 0 Å². The van der Waals surface area contributed by atoms with Crippen LogP contribution < -0.4 is 10.6 Å². The van der Waals surface area contributed by atoms with Crippen LogP contribution in [0.3, 0.4) is 0 Å². The largest absolute Gasteiger partial charge is 0.347 e. The molecule has 0 unspecified atom stereocenters. The average Bonchev–Trinajstić information content (AvgIpc) is 2.29. The fourth-order valence-corrected chi connectivity index (χ4v) is 1.76. The number of rotatable bonds is 3. The molecule has 1 rings (SSSR count). The van der Waals surface area contributed by atoms with Gasteiger partial charge in [0.1, 0.15) is 0 Å². The standard InChI is InChI=1S/C11H12BrClN2O2/c1-7-6-8(12)2-3-9(7)15-11(17)10(16)14-5-4-13/h2-3,6H,4-5H2,1H3,(H,14,16)(H,15,17). The van der Waals surface area contributed by atoms with E-state index in [4.69, 9.17) is 11.6 Å². The molecule has 0 atom stereocenters. The third-order valence-electron chi connectivity index (χ3n) is 2.02. The highest BCUT2D eigenvalue weighted by atomic mass is 79.9. The summed E-state index contributed by atoms with van der Waals surface area (Å²) in [7, 11) is 0. The van der Waals surface area contributed by atoms with Crippen molar-refractivity contribution in [1.29, 1.82) is 0 Å². The number of carbonyl (C=O) groups excluding carboxylic acids is 2. The van der Waals surface area contributed by atoms with Crippen LogP contribution in [0.15, 0.2) is 22.7 Å². The van der Waals surface area contributed by atoms with E-state index >= 15 is 0 Å². The van der Waals surface area contributed by atoms with Gasteiger partial charge in [0.25, 0.3) is 0 Å². The number of benzene rings is 1. The first kappa shape index (κ1) is 14.0.